The van der Waals surface area contributed by atoms with Gasteiger partial charge in [0.05, 0.1) is 6.61 Å². The molecule has 0 radical (unpaired) electrons. The minimum atomic E-state index is -0.435. The summed E-state index contributed by atoms with van der Waals surface area (Å²) in [4.78, 5) is 15.7. The highest BCUT2D eigenvalue weighted by atomic mass is 32.2. The number of rotatable bonds is 3. The molecule has 1 saturated heterocycles. The third-order valence-corrected chi connectivity index (χ3v) is 3.71. The average Bonchev–Trinajstić information content (AvgIpc) is 2.86. The summed E-state index contributed by atoms with van der Waals surface area (Å²) < 4.78 is 6.57. The zero-order chi connectivity index (χ0) is 11.5. The molecular formula is C10H15N3O2S. The van der Waals surface area contributed by atoms with E-state index in [1.807, 2.05) is 18.8 Å². The third kappa shape index (κ3) is 2.21. The first kappa shape index (κ1) is 11.4. The molecule has 0 N–H and O–H groups in total. The molecule has 5 nitrogen and oxygen atoms in total. The molecule has 0 saturated carbocycles. The van der Waals surface area contributed by atoms with Crippen molar-refractivity contribution < 1.29 is 9.53 Å². The maximum absolute atomic E-state index is 11.5. The summed E-state index contributed by atoms with van der Waals surface area (Å²) in [6.07, 6.45) is 1.11. The van der Waals surface area contributed by atoms with Gasteiger partial charge in [0.2, 0.25) is 0 Å². The van der Waals surface area contributed by atoms with Gasteiger partial charge in [0.1, 0.15) is 5.82 Å². The van der Waals surface area contributed by atoms with Crippen molar-refractivity contribution in [1.82, 2.24) is 14.8 Å². The maximum Gasteiger partial charge on any atom is 0.378 e. The number of aromatic nitrogens is 3. The second kappa shape index (κ2) is 4.86. The fourth-order valence-corrected chi connectivity index (χ4v) is 2.99. The highest BCUT2D eigenvalue weighted by molar-refractivity contribution is 7.99. The Kier molecular flexibility index (Phi) is 3.48. The minimum absolute atomic E-state index is 0.177. The van der Waals surface area contributed by atoms with Crippen LogP contribution in [-0.2, 0) is 11.8 Å². The number of aryl methyl sites for hydroxylation is 1. The second-order valence-electron chi connectivity index (χ2n) is 3.70. The van der Waals surface area contributed by atoms with Gasteiger partial charge in [0.25, 0.3) is 5.82 Å². The van der Waals surface area contributed by atoms with E-state index in [1.165, 1.54) is 0 Å². The fourth-order valence-electron chi connectivity index (χ4n) is 1.77. The van der Waals surface area contributed by atoms with Crippen LogP contribution in [0, 0.1) is 0 Å². The lowest BCUT2D eigenvalue weighted by Gasteiger charge is -2.05. The Morgan fingerprint density at radius 1 is 1.69 bits per heavy atom. The SMILES string of the molecule is CCOC(=O)c1nc(C2CCSC2)n(C)n1. The van der Waals surface area contributed by atoms with Crippen LogP contribution in [0.5, 0.6) is 0 Å². The lowest BCUT2D eigenvalue weighted by Crippen LogP contribution is -2.07. The Labute approximate surface area is 98.6 Å². The summed E-state index contributed by atoms with van der Waals surface area (Å²) in [7, 11) is 1.83. The van der Waals surface area contributed by atoms with E-state index < -0.39 is 5.97 Å². The zero-order valence-electron chi connectivity index (χ0n) is 9.47. The molecule has 1 fully saturated rings. The van der Waals surface area contributed by atoms with Gasteiger partial charge in [-0.15, -0.1) is 5.10 Å². The number of esters is 1. The van der Waals surface area contributed by atoms with Crippen LogP contribution in [0.2, 0.25) is 0 Å². The first-order valence-corrected chi connectivity index (χ1v) is 6.53. The van der Waals surface area contributed by atoms with Crippen LogP contribution in [0.25, 0.3) is 0 Å². The molecule has 1 aromatic heterocycles. The number of hydrogen-bond donors (Lipinski definition) is 0. The largest absolute Gasteiger partial charge is 0.460 e. The molecule has 1 unspecified atom stereocenters. The van der Waals surface area contributed by atoms with Crippen LogP contribution in [-0.4, -0.2) is 38.8 Å². The number of ether oxygens (including phenoxy) is 1. The molecule has 0 bridgehead atoms. The third-order valence-electron chi connectivity index (χ3n) is 2.55. The molecule has 1 aromatic rings. The number of thioether (sulfide) groups is 1. The summed E-state index contributed by atoms with van der Waals surface area (Å²) >= 11 is 1.92. The van der Waals surface area contributed by atoms with Crippen molar-refractivity contribution in [2.24, 2.45) is 7.05 Å². The second-order valence-corrected chi connectivity index (χ2v) is 4.85. The molecule has 2 rings (SSSR count). The van der Waals surface area contributed by atoms with E-state index in [-0.39, 0.29) is 5.82 Å². The van der Waals surface area contributed by atoms with E-state index in [1.54, 1.807) is 11.6 Å². The molecule has 6 heteroatoms. The van der Waals surface area contributed by atoms with Gasteiger partial charge < -0.3 is 4.74 Å². The van der Waals surface area contributed by atoms with Crippen molar-refractivity contribution in [2.45, 2.75) is 19.3 Å². The molecule has 16 heavy (non-hydrogen) atoms. The summed E-state index contributed by atoms with van der Waals surface area (Å²) in [6.45, 7) is 2.13. The van der Waals surface area contributed by atoms with E-state index in [0.717, 1.165) is 23.8 Å². The Hall–Kier alpha value is -1.04. The van der Waals surface area contributed by atoms with Crippen molar-refractivity contribution in [3.63, 3.8) is 0 Å². The molecule has 0 aliphatic carbocycles. The molecule has 2 heterocycles. The van der Waals surface area contributed by atoms with Crippen LogP contribution in [0.15, 0.2) is 0 Å². The standard InChI is InChI=1S/C10H15N3O2S/c1-3-15-10(14)8-11-9(13(2)12-8)7-4-5-16-6-7/h7H,3-6H2,1-2H3. The van der Waals surface area contributed by atoms with E-state index in [2.05, 4.69) is 10.1 Å². The quantitative estimate of drug-likeness (QED) is 0.745. The molecule has 0 spiro atoms. The molecule has 1 aliphatic rings. The monoisotopic (exact) mass is 241 g/mol. The first-order chi connectivity index (χ1) is 7.72. The molecule has 0 aromatic carbocycles. The molecule has 1 atom stereocenters. The van der Waals surface area contributed by atoms with Gasteiger partial charge in [-0.05, 0) is 19.1 Å². The Bertz CT molecular complexity index is 385. The Morgan fingerprint density at radius 3 is 3.12 bits per heavy atom. The van der Waals surface area contributed by atoms with Crippen molar-refractivity contribution in [1.29, 1.82) is 0 Å². The van der Waals surface area contributed by atoms with Crippen LogP contribution >= 0.6 is 11.8 Å². The zero-order valence-corrected chi connectivity index (χ0v) is 10.3. The van der Waals surface area contributed by atoms with Crippen LogP contribution < -0.4 is 0 Å². The number of hydrogen-bond acceptors (Lipinski definition) is 5. The van der Waals surface area contributed by atoms with Gasteiger partial charge >= 0.3 is 5.97 Å². The fraction of sp³-hybridized carbons (Fsp3) is 0.700. The maximum atomic E-state index is 11.5. The molecular weight excluding hydrogens is 226 g/mol. The van der Waals surface area contributed by atoms with Gasteiger partial charge in [-0.2, -0.15) is 11.8 Å². The first-order valence-electron chi connectivity index (χ1n) is 5.38. The highest BCUT2D eigenvalue weighted by Gasteiger charge is 2.25. The molecule has 88 valence electrons. The minimum Gasteiger partial charge on any atom is -0.460 e. The van der Waals surface area contributed by atoms with Gasteiger partial charge in [-0.25, -0.2) is 9.78 Å². The van der Waals surface area contributed by atoms with Crippen molar-refractivity contribution >= 4 is 17.7 Å². The van der Waals surface area contributed by atoms with Crippen molar-refractivity contribution in [3.8, 4) is 0 Å². The summed E-state index contributed by atoms with van der Waals surface area (Å²) in [5.74, 6) is 3.28. The van der Waals surface area contributed by atoms with Gasteiger partial charge in [-0.1, -0.05) is 0 Å². The van der Waals surface area contributed by atoms with Crippen LogP contribution in [0.4, 0.5) is 0 Å². The predicted octanol–water partition coefficient (Wildman–Crippen LogP) is 1.21. The number of nitrogens with zero attached hydrogens (tertiary/aromatic N) is 3. The van der Waals surface area contributed by atoms with E-state index in [9.17, 15) is 4.79 Å². The van der Waals surface area contributed by atoms with E-state index in [0.29, 0.717) is 12.5 Å². The van der Waals surface area contributed by atoms with Crippen molar-refractivity contribution in [3.05, 3.63) is 11.6 Å². The number of carbonyl (C=O) groups excluding carboxylic acids is 1. The predicted molar refractivity (Wildman–Crippen MR) is 61.6 cm³/mol. The van der Waals surface area contributed by atoms with E-state index >= 15 is 0 Å². The topological polar surface area (TPSA) is 57.0 Å². The Balaban J connectivity index is 2.17. The molecule has 1 aliphatic heterocycles. The van der Waals surface area contributed by atoms with Gasteiger partial charge in [0, 0.05) is 18.7 Å². The van der Waals surface area contributed by atoms with Gasteiger partial charge in [-0.3, -0.25) is 4.68 Å². The lowest BCUT2D eigenvalue weighted by molar-refractivity contribution is 0.0512. The van der Waals surface area contributed by atoms with Crippen molar-refractivity contribution in [2.75, 3.05) is 18.1 Å². The van der Waals surface area contributed by atoms with Gasteiger partial charge in [0.15, 0.2) is 0 Å². The smallest absolute Gasteiger partial charge is 0.378 e. The molecule has 0 amide bonds. The normalized spacial score (nSPS) is 20.0. The number of carbonyl (C=O) groups is 1. The lowest BCUT2D eigenvalue weighted by atomic mass is 10.1. The summed E-state index contributed by atoms with van der Waals surface area (Å²) in [5.41, 5.74) is 0. The Morgan fingerprint density at radius 2 is 2.50 bits per heavy atom. The van der Waals surface area contributed by atoms with E-state index in [4.69, 9.17) is 4.74 Å². The van der Waals surface area contributed by atoms with Crippen LogP contribution in [0.3, 0.4) is 0 Å². The average molecular weight is 241 g/mol. The summed E-state index contributed by atoms with van der Waals surface area (Å²) in [6, 6.07) is 0. The highest BCUT2D eigenvalue weighted by Crippen LogP contribution is 2.30. The van der Waals surface area contributed by atoms with Crippen LogP contribution in [0.1, 0.15) is 35.7 Å². The summed E-state index contributed by atoms with van der Waals surface area (Å²) in [5, 5.41) is 4.10.